The van der Waals surface area contributed by atoms with Gasteiger partial charge in [0.05, 0.1) is 0 Å². The maximum atomic E-state index is 4.12. The molecular formula is C11H23N. The molecule has 1 nitrogen and oxygen atoms in total. The maximum absolute atomic E-state index is 4.12. The summed E-state index contributed by atoms with van der Waals surface area (Å²) in [6.07, 6.45) is 0. The highest BCUT2D eigenvalue weighted by Gasteiger charge is 2.16. The highest BCUT2D eigenvalue weighted by atomic mass is 15.2. The van der Waals surface area contributed by atoms with Crippen LogP contribution in [-0.2, 0) is 0 Å². The molecule has 0 amide bonds. The average Bonchev–Trinajstić information content (AvgIpc) is 1.85. The predicted molar refractivity (Wildman–Crippen MR) is 56.1 cm³/mol. The van der Waals surface area contributed by atoms with Gasteiger partial charge in [-0.2, -0.15) is 0 Å². The molecule has 0 aromatic heterocycles. The third-order valence-electron chi connectivity index (χ3n) is 2.11. The van der Waals surface area contributed by atoms with Gasteiger partial charge in [0.2, 0.25) is 0 Å². The first kappa shape index (κ1) is 11.5. The Morgan fingerprint density at radius 2 is 1.25 bits per heavy atom. The summed E-state index contributed by atoms with van der Waals surface area (Å²) in [6, 6.07) is 1.11. The lowest BCUT2D eigenvalue weighted by Gasteiger charge is -2.36. The molecule has 0 rings (SSSR count). The summed E-state index contributed by atoms with van der Waals surface area (Å²) in [7, 11) is 0. The van der Waals surface area contributed by atoms with Crippen LogP contribution in [0.25, 0.3) is 0 Å². The van der Waals surface area contributed by atoms with Gasteiger partial charge in [0, 0.05) is 17.8 Å². The average molecular weight is 169 g/mol. The molecule has 0 spiro atoms. The quantitative estimate of drug-likeness (QED) is 0.624. The zero-order chi connectivity index (χ0) is 9.89. The molecule has 0 unspecified atom stereocenters. The molecule has 0 N–H and O–H groups in total. The number of hydrogen-bond donors (Lipinski definition) is 0. The topological polar surface area (TPSA) is 3.24 Å². The largest absolute Gasteiger partial charge is 0.370 e. The molecule has 0 saturated carbocycles. The SMILES string of the molecule is C=C(C(C)C)N(C(C)C)C(C)C. The molecule has 0 fully saturated rings. The lowest BCUT2D eigenvalue weighted by atomic mass is 10.1. The second-order valence-electron chi connectivity index (χ2n) is 4.24. The van der Waals surface area contributed by atoms with Crippen LogP contribution in [0.4, 0.5) is 0 Å². The van der Waals surface area contributed by atoms with E-state index in [1.54, 1.807) is 0 Å². The Labute approximate surface area is 77.5 Å². The smallest absolute Gasteiger partial charge is 0.0233 e. The summed E-state index contributed by atoms with van der Waals surface area (Å²) in [4.78, 5) is 2.38. The molecule has 1 heteroatoms. The highest BCUT2D eigenvalue weighted by molar-refractivity contribution is 4.99. The maximum Gasteiger partial charge on any atom is 0.0233 e. The van der Waals surface area contributed by atoms with Crippen molar-refractivity contribution in [1.82, 2.24) is 4.90 Å². The Morgan fingerprint density at radius 1 is 0.917 bits per heavy atom. The van der Waals surface area contributed by atoms with E-state index in [-0.39, 0.29) is 0 Å². The van der Waals surface area contributed by atoms with Crippen molar-refractivity contribution < 1.29 is 0 Å². The number of rotatable bonds is 4. The third-order valence-corrected chi connectivity index (χ3v) is 2.11. The van der Waals surface area contributed by atoms with Crippen molar-refractivity contribution in [2.75, 3.05) is 0 Å². The van der Waals surface area contributed by atoms with Crippen LogP contribution in [0, 0.1) is 5.92 Å². The number of hydrogen-bond acceptors (Lipinski definition) is 1. The summed E-state index contributed by atoms with van der Waals surface area (Å²) in [5, 5.41) is 0. The van der Waals surface area contributed by atoms with Crippen LogP contribution in [0.3, 0.4) is 0 Å². The van der Waals surface area contributed by atoms with Crippen molar-refractivity contribution in [1.29, 1.82) is 0 Å². The Kier molecular flexibility index (Phi) is 4.36. The van der Waals surface area contributed by atoms with E-state index in [1.165, 1.54) is 5.70 Å². The monoisotopic (exact) mass is 169 g/mol. The number of allylic oxidation sites excluding steroid dienone is 1. The highest BCUT2D eigenvalue weighted by Crippen LogP contribution is 2.18. The van der Waals surface area contributed by atoms with Crippen molar-refractivity contribution in [3.8, 4) is 0 Å². The minimum Gasteiger partial charge on any atom is -0.370 e. The minimum absolute atomic E-state index is 0.551. The van der Waals surface area contributed by atoms with Gasteiger partial charge >= 0.3 is 0 Å². The Morgan fingerprint density at radius 3 is 1.33 bits per heavy atom. The second kappa shape index (κ2) is 4.54. The molecule has 0 aromatic carbocycles. The van der Waals surface area contributed by atoms with Gasteiger partial charge in [0.25, 0.3) is 0 Å². The van der Waals surface area contributed by atoms with Crippen LogP contribution in [0.15, 0.2) is 12.3 Å². The van der Waals surface area contributed by atoms with E-state index in [9.17, 15) is 0 Å². The first-order valence-corrected chi connectivity index (χ1v) is 4.85. The van der Waals surface area contributed by atoms with Crippen molar-refractivity contribution >= 4 is 0 Å². The molecule has 0 bridgehead atoms. The summed E-state index contributed by atoms with van der Waals surface area (Å²) < 4.78 is 0. The van der Waals surface area contributed by atoms with Crippen LogP contribution in [0.2, 0.25) is 0 Å². The van der Waals surface area contributed by atoms with Crippen LogP contribution in [0.1, 0.15) is 41.5 Å². The van der Waals surface area contributed by atoms with Crippen LogP contribution in [0.5, 0.6) is 0 Å². The Balaban J connectivity index is 4.41. The lowest BCUT2D eigenvalue weighted by Crippen LogP contribution is -2.37. The standard InChI is InChI=1S/C11H23N/c1-8(2)11(7)12(9(3)4)10(5)6/h8-10H,7H2,1-6H3. The van der Waals surface area contributed by atoms with E-state index in [0.29, 0.717) is 18.0 Å². The molecule has 0 aromatic rings. The van der Waals surface area contributed by atoms with E-state index in [1.807, 2.05) is 0 Å². The van der Waals surface area contributed by atoms with Gasteiger partial charge in [-0.15, -0.1) is 0 Å². The molecule has 72 valence electrons. The fourth-order valence-corrected chi connectivity index (χ4v) is 1.56. The predicted octanol–water partition coefficient (Wildman–Crippen LogP) is 3.27. The van der Waals surface area contributed by atoms with Gasteiger partial charge in [-0.3, -0.25) is 0 Å². The van der Waals surface area contributed by atoms with Crippen LogP contribution < -0.4 is 0 Å². The molecule has 0 aliphatic rings. The van der Waals surface area contributed by atoms with Crippen molar-refractivity contribution in [3.63, 3.8) is 0 Å². The Hall–Kier alpha value is -0.460. The summed E-state index contributed by atoms with van der Waals surface area (Å²) in [5.74, 6) is 0.551. The van der Waals surface area contributed by atoms with E-state index < -0.39 is 0 Å². The molecule has 12 heavy (non-hydrogen) atoms. The molecule has 0 aliphatic carbocycles. The van der Waals surface area contributed by atoms with E-state index in [0.717, 1.165) is 0 Å². The zero-order valence-electron chi connectivity index (χ0n) is 9.39. The molecule has 0 heterocycles. The zero-order valence-corrected chi connectivity index (χ0v) is 9.39. The first-order chi connectivity index (χ1) is 5.37. The van der Waals surface area contributed by atoms with Crippen molar-refractivity contribution in [2.45, 2.75) is 53.6 Å². The Bertz CT molecular complexity index is 137. The fourth-order valence-electron chi connectivity index (χ4n) is 1.56. The normalized spacial score (nSPS) is 11.4. The van der Waals surface area contributed by atoms with Gasteiger partial charge in [-0.25, -0.2) is 0 Å². The minimum atomic E-state index is 0.551. The fraction of sp³-hybridized carbons (Fsp3) is 0.818. The number of nitrogens with zero attached hydrogens (tertiary/aromatic N) is 1. The third kappa shape index (κ3) is 2.88. The van der Waals surface area contributed by atoms with Gasteiger partial charge in [-0.05, 0) is 33.6 Å². The molecule has 0 aliphatic heterocycles. The van der Waals surface area contributed by atoms with Crippen molar-refractivity contribution in [3.05, 3.63) is 12.3 Å². The van der Waals surface area contributed by atoms with Crippen LogP contribution in [-0.4, -0.2) is 17.0 Å². The lowest BCUT2D eigenvalue weighted by molar-refractivity contribution is 0.212. The van der Waals surface area contributed by atoms with E-state index in [2.05, 4.69) is 53.0 Å². The van der Waals surface area contributed by atoms with Gasteiger partial charge in [0.15, 0.2) is 0 Å². The van der Waals surface area contributed by atoms with Crippen LogP contribution >= 0.6 is 0 Å². The van der Waals surface area contributed by atoms with E-state index in [4.69, 9.17) is 0 Å². The van der Waals surface area contributed by atoms with Gasteiger partial charge < -0.3 is 4.90 Å². The van der Waals surface area contributed by atoms with Gasteiger partial charge in [0.1, 0.15) is 0 Å². The summed E-state index contributed by atoms with van der Waals surface area (Å²) >= 11 is 0. The molecule has 0 atom stereocenters. The molecular weight excluding hydrogens is 146 g/mol. The first-order valence-electron chi connectivity index (χ1n) is 4.85. The van der Waals surface area contributed by atoms with Crippen molar-refractivity contribution in [2.24, 2.45) is 5.92 Å². The van der Waals surface area contributed by atoms with E-state index >= 15 is 0 Å². The summed E-state index contributed by atoms with van der Waals surface area (Å²) in [5.41, 5.74) is 1.25. The summed E-state index contributed by atoms with van der Waals surface area (Å²) in [6.45, 7) is 17.4. The molecule has 0 saturated heterocycles. The molecule has 0 radical (unpaired) electrons. The van der Waals surface area contributed by atoms with Gasteiger partial charge in [-0.1, -0.05) is 20.4 Å². The second-order valence-corrected chi connectivity index (χ2v) is 4.24.